The van der Waals surface area contributed by atoms with Crippen LogP contribution in [0.4, 0.5) is 8.78 Å². The maximum atomic E-state index is 13.3. The van der Waals surface area contributed by atoms with Crippen molar-refractivity contribution in [2.45, 2.75) is 13.0 Å². The first-order valence-electron chi connectivity index (χ1n) is 6.38. The SMILES string of the molecule is CC(c1ccc(F)c(F)c1)N(C)C(=O)c1ccccc1I. The topological polar surface area (TPSA) is 20.3 Å². The van der Waals surface area contributed by atoms with Gasteiger partial charge in [-0.2, -0.15) is 0 Å². The second-order valence-corrected chi connectivity index (χ2v) is 5.91. The highest BCUT2D eigenvalue weighted by Crippen LogP contribution is 2.23. The minimum absolute atomic E-state index is 0.155. The van der Waals surface area contributed by atoms with Crippen molar-refractivity contribution in [3.63, 3.8) is 0 Å². The summed E-state index contributed by atoms with van der Waals surface area (Å²) >= 11 is 2.10. The van der Waals surface area contributed by atoms with Crippen molar-refractivity contribution in [1.29, 1.82) is 0 Å². The van der Waals surface area contributed by atoms with Gasteiger partial charge in [-0.15, -0.1) is 0 Å². The third kappa shape index (κ3) is 3.40. The Labute approximate surface area is 135 Å². The van der Waals surface area contributed by atoms with Crippen molar-refractivity contribution < 1.29 is 13.6 Å². The highest BCUT2D eigenvalue weighted by Gasteiger charge is 2.21. The lowest BCUT2D eigenvalue weighted by Crippen LogP contribution is -2.30. The molecule has 110 valence electrons. The van der Waals surface area contributed by atoms with Crippen LogP contribution < -0.4 is 0 Å². The molecule has 0 aliphatic carbocycles. The molecule has 0 heterocycles. The number of carbonyl (C=O) groups is 1. The van der Waals surface area contributed by atoms with Crippen LogP contribution in [0.2, 0.25) is 0 Å². The van der Waals surface area contributed by atoms with Gasteiger partial charge in [-0.1, -0.05) is 18.2 Å². The van der Waals surface area contributed by atoms with Gasteiger partial charge in [0, 0.05) is 10.6 Å². The van der Waals surface area contributed by atoms with E-state index in [1.807, 2.05) is 12.1 Å². The minimum Gasteiger partial charge on any atom is -0.335 e. The molecule has 2 aromatic carbocycles. The van der Waals surface area contributed by atoms with E-state index in [1.54, 1.807) is 26.1 Å². The molecule has 2 aromatic rings. The van der Waals surface area contributed by atoms with Crippen LogP contribution in [0.3, 0.4) is 0 Å². The first kappa shape index (κ1) is 15.9. The van der Waals surface area contributed by atoms with Gasteiger partial charge in [-0.25, -0.2) is 8.78 Å². The predicted octanol–water partition coefficient (Wildman–Crippen LogP) is 4.40. The molecule has 0 N–H and O–H groups in total. The van der Waals surface area contributed by atoms with E-state index in [4.69, 9.17) is 0 Å². The van der Waals surface area contributed by atoms with E-state index in [0.29, 0.717) is 11.1 Å². The van der Waals surface area contributed by atoms with Gasteiger partial charge in [-0.05, 0) is 59.3 Å². The Hall–Kier alpha value is -1.50. The average molecular weight is 401 g/mol. The van der Waals surface area contributed by atoms with Crippen LogP contribution >= 0.6 is 22.6 Å². The summed E-state index contributed by atoms with van der Waals surface area (Å²) < 4.78 is 27.1. The molecule has 2 rings (SSSR count). The Bertz CT molecular complexity index is 675. The molecular formula is C16H14F2INO. The fourth-order valence-corrected chi connectivity index (χ4v) is 2.61. The van der Waals surface area contributed by atoms with Gasteiger partial charge >= 0.3 is 0 Å². The molecule has 2 nitrogen and oxygen atoms in total. The van der Waals surface area contributed by atoms with Crippen LogP contribution in [-0.2, 0) is 0 Å². The van der Waals surface area contributed by atoms with Crippen LogP contribution in [0.25, 0.3) is 0 Å². The lowest BCUT2D eigenvalue weighted by Gasteiger charge is -2.26. The zero-order chi connectivity index (χ0) is 15.6. The van der Waals surface area contributed by atoms with Crippen molar-refractivity contribution in [3.8, 4) is 0 Å². The normalized spacial score (nSPS) is 12.0. The highest BCUT2D eigenvalue weighted by atomic mass is 127. The zero-order valence-corrected chi connectivity index (χ0v) is 13.8. The maximum Gasteiger partial charge on any atom is 0.255 e. The Morgan fingerprint density at radius 1 is 1.14 bits per heavy atom. The average Bonchev–Trinajstić information content (AvgIpc) is 2.48. The molecule has 0 aromatic heterocycles. The molecule has 0 saturated carbocycles. The smallest absolute Gasteiger partial charge is 0.255 e. The molecule has 1 unspecified atom stereocenters. The van der Waals surface area contributed by atoms with Gasteiger partial charge in [0.15, 0.2) is 11.6 Å². The summed E-state index contributed by atoms with van der Waals surface area (Å²) in [5.41, 5.74) is 1.14. The Morgan fingerprint density at radius 3 is 2.43 bits per heavy atom. The van der Waals surface area contributed by atoms with Gasteiger partial charge in [0.1, 0.15) is 0 Å². The van der Waals surface area contributed by atoms with E-state index in [1.165, 1.54) is 11.0 Å². The molecule has 0 bridgehead atoms. The zero-order valence-electron chi connectivity index (χ0n) is 11.6. The monoisotopic (exact) mass is 401 g/mol. The molecule has 0 fully saturated rings. The first-order chi connectivity index (χ1) is 9.91. The third-order valence-electron chi connectivity index (χ3n) is 3.43. The van der Waals surface area contributed by atoms with E-state index in [2.05, 4.69) is 22.6 Å². The highest BCUT2D eigenvalue weighted by molar-refractivity contribution is 14.1. The Kier molecular flexibility index (Phi) is 4.92. The second kappa shape index (κ2) is 6.51. The Morgan fingerprint density at radius 2 is 1.81 bits per heavy atom. The van der Waals surface area contributed by atoms with Gasteiger partial charge in [0.25, 0.3) is 5.91 Å². The molecule has 0 aliphatic heterocycles. The number of nitrogens with zero attached hydrogens (tertiary/aromatic N) is 1. The summed E-state index contributed by atoms with van der Waals surface area (Å²) in [4.78, 5) is 14.0. The van der Waals surface area contributed by atoms with Crippen LogP contribution in [0.15, 0.2) is 42.5 Å². The van der Waals surface area contributed by atoms with Gasteiger partial charge in [0.05, 0.1) is 11.6 Å². The number of carbonyl (C=O) groups excluding carboxylic acids is 1. The van der Waals surface area contributed by atoms with Crippen LogP contribution in [0, 0.1) is 15.2 Å². The summed E-state index contributed by atoms with van der Waals surface area (Å²) in [7, 11) is 1.65. The predicted molar refractivity (Wildman–Crippen MR) is 86.0 cm³/mol. The number of benzene rings is 2. The van der Waals surface area contributed by atoms with Crippen LogP contribution in [-0.4, -0.2) is 17.9 Å². The third-order valence-corrected chi connectivity index (χ3v) is 4.37. The van der Waals surface area contributed by atoms with E-state index < -0.39 is 11.6 Å². The molecule has 0 saturated heterocycles. The summed E-state index contributed by atoms with van der Waals surface area (Å²) in [6.07, 6.45) is 0. The van der Waals surface area contributed by atoms with Crippen molar-refractivity contribution in [2.24, 2.45) is 0 Å². The summed E-state index contributed by atoms with van der Waals surface area (Å²) in [6.45, 7) is 1.78. The van der Waals surface area contributed by atoms with Gasteiger partial charge in [0.2, 0.25) is 0 Å². The quantitative estimate of drug-likeness (QED) is 0.699. The van der Waals surface area contributed by atoms with Gasteiger partial charge in [-0.3, -0.25) is 4.79 Å². The van der Waals surface area contributed by atoms with Crippen molar-refractivity contribution in [3.05, 3.63) is 68.8 Å². The van der Waals surface area contributed by atoms with E-state index in [0.717, 1.165) is 15.7 Å². The van der Waals surface area contributed by atoms with E-state index in [9.17, 15) is 13.6 Å². The first-order valence-corrected chi connectivity index (χ1v) is 7.46. The molecular weight excluding hydrogens is 387 g/mol. The minimum atomic E-state index is -0.908. The maximum absolute atomic E-state index is 13.3. The lowest BCUT2D eigenvalue weighted by atomic mass is 10.1. The number of hydrogen-bond acceptors (Lipinski definition) is 1. The number of hydrogen-bond donors (Lipinski definition) is 0. The van der Waals surface area contributed by atoms with Gasteiger partial charge < -0.3 is 4.90 Å². The summed E-state index contributed by atoms with van der Waals surface area (Å²) in [5, 5.41) is 0. The largest absolute Gasteiger partial charge is 0.335 e. The van der Waals surface area contributed by atoms with Crippen molar-refractivity contribution in [2.75, 3.05) is 7.05 Å². The molecule has 0 spiro atoms. The van der Waals surface area contributed by atoms with E-state index in [-0.39, 0.29) is 11.9 Å². The second-order valence-electron chi connectivity index (χ2n) is 4.75. The lowest BCUT2D eigenvalue weighted by molar-refractivity contribution is 0.0741. The van der Waals surface area contributed by atoms with Crippen molar-refractivity contribution in [1.82, 2.24) is 4.90 Å². The molecule has 1 atom stereocenters. The van der Waals surface area contributed by atoms with Crippen LogP contribution in [0.5, 0.6) is 0 Å². The standard InChI is InChI=1S/C16H14F2INO/c1-10(11-7-8-13(17)14(18)9-11)20(2)16(21)12-5-3-4-6-15(12)19/h3-10H,1-2H3. The fourth-order valence-electron chi connectivity index (χ4n) is 2.00. The number of rotatable bonds is 3. The van der Waals surface area contributed by atoms with E-state index >= 15 is 0 Å². The Balaban J connectivity index is 2.26. The number of halogens is 3. The summed E-state index contributed by atoms with van der Waals surface area (Å²) in [6, 6.07) is 10.6. The molecule has 21 heavy (non-hydrogen) atoms. The molecule has 5 heteroatoms. The van der Waals surface area contributed by atoms with Crippen LogP contribution in [0.1, 0.15) is 28.9 Å². The molecule has 0 aliphatic rings. The number of amides is 1. The fraction of sp³-hybridized carbons (Fsp3) is 0.188. The summed E-state index contributed by atoms with van der Waals surface area (Å²) in [5.74, 6) is -1.95. The molecule has 0 radical (unpaired) electrons. The van der Waals surface area contributed by atoms with Crippen molar-refractivity contribution >= 4 is 28.5 Å². The molecule has 1 amide bonds.